The van der Waals surface area contributed by atoms with E-state index in [4.69, 9.17) is 9.47 Å². The monoisotopic (exact) mass is 344 g/mol. The average Bonchev–Trinajstić information content (AvgIpc) is 3.03. The Kier molecular flexibility index (Phi) is 3.85. The minimum atomic E-state index is -0.385. The Morgan fingerprint density at radius 3 is 2.60 bits per heavy atom. The Labute approximate surface area is 147 Å². The second-order valence-corrected chi connectivity index (χ2v) is 7.40. The molecule has 0 N–H and O–H groups in total. The van der Waals surface area contributed by atoms with Crippen molar-refractivity contribution in [3.8, 4) is 11.5 Å². The predicted octanol–water partition coefficient (Wildman–Crippen LogP) is 1.85. The minimum absolute atomic E-state index is 0.0209. The van der Waals surface area contributed by atoms with Crippen molar-refractivity contribution in [2.75, 3.05) is 39.9 Å². The second-order valence-electron chi connectivity index (χ2n) is 7.40. The smallest absolute Gasteiger partial charge is 0.254 e. The van der Waals surface area contributed by atoms with Gasteiger partial charge in [0.25, 0.3) is 5.91 Å². The van der Waals surface area contributed by atoms with Crippen LogP contribution in [-0.2, 0) is 4.79 Å². The first-order chi connectivity index (χ1) is 12.0. The molecule has 25 heavy (non-hydrogen) atoms. The maximum absolute atomic E-state index is 13.1. The standard InChI is InChI=1S/C19H24N2O4/c1-13-10-15-16(25-9-8-24-15)11-14(13)17(22)21-7-5-19(12-21)4-3-6-20(2)18(19)23/h10-11H,3-9,12H2,1-2H3/t19-/m1/s1. The number of aryl methyl sites for hydroxylation is 1. The molecule has 134 valence electrons. The van der Waals surface area contributed by atoms with Crippen molar-refractivity contribution in [2.24, 2.45) is 5.41 Å². The highest BCUT2D eigenvalue weighted by atomic mass is 16.6. The Morgan fingerprint density at radius 2 is 1.84 bits per heavy atom. The van der Waals surface area contributed by atoms with Gasteiger partial charge in [0, 0.05) is 32.2 Å². The fraction of sp³-hybridized carbons (Fsp3) is 0.579. The Morgan fingerprint density at radius 1 is 1.12 bits per heavy atom. The lowest BCUT2D eigenvalue weighted by molar-refractivity contribution is -0.143. The number of piperidine rings is 1. The van der Waals surface area contributed by atoms with Crippen molar-refractivity contribution >= 4 is 11.8 Å². The Bertz CT molecular complexity index is 732. The first-order valence-electron chi connectivity index (χ1n) is 8.95. The number of fused-ring (bicyclic) bond motifs is 1. The molecular weight excluding hydrogens is 320 g/mol. The number of rotatable bonds is 1. The summed E-state index contributed by atoms with van der Waals surface area (Å²) >= 11 is 0. The molecule has 4 rings (SSSR count). The number of hydrogen-bond donors (Lipinski definition) is 0. The van der Waals surface area contributed by atoms with Crippen LogP contribution >= 0.6 is 0 Å². The van der Waals surface area contributed by atoms with Gasteiger partial charge in [-0.05, 0) is 43.9 Å². The normalized spacial score (nSPS) is 25.6. The number of ether oxygens (including phenoxy) is 2. The summed E-state index contributed by atoms with van der Waals surface area (Å²) < 4.78 is 11.2. The maximum Gasteiger partial charge on any atom is 0.254 e. The van der Waals surface area contributed by atoms with Gasteiger partial charge in [-0.15, -0.1) is 0 Å². The van der Waals surface area contributed by atoms with Gasteiger partial charge in [0.15, 0.2) is 11.5 Å². The molecule has 3 heterocycles. The number of hydrogen-bond acceptors (Lipinski definition) is 4. The van der Waals surface area contributed by atoms with Gasteiger partial charge < -0.3 is 19.3 Å². The van der Waals surface area contributed by atoms with Crippen LogP contribution in [0.15, 0.2) is 12.1 Å². The highest BCUT2D eigenvalue weighted by Crippen LogP contribution is 2.41. The van der Waals surface area contributed by atoms with Crippen LogP contribution in [0.1, 0.15) is 35.2 Å². The Balaban J connectivity index is 1.57. The lowest BCUT2D eigenvalue weighted by Crippen LogP contribution is -2.48. The van der Waals surface area contributed by atoms with Crippen molar-refractivity contribution < 1.29 is 19.1 Å². The molecule has 2 amide bonds. The third kappa shape index (κ3) is 2.64. The van der Waals surface area contributed by atoms with Crippen molar-refractivity contribution in [1.29, 1.82) is 0 Å². The van der Waals surface area contributed by atoms with Gasteiger partial charge in [0.1, 0.15) is 13.2 Å². The fourth-order valence-electron chi connectivity index (χ4n) is 4.28. The predicted molar refractivity (Wildman–Crippen MR) is 92.0 cm³/mol. The second kappa shape index (κ2) is 5.93. The number of carbonyl (C=O) groups is 2. The van der Waals surface area contributed by atoms with Crippen molar-refractivity contribution in [3.63, 3.8) is 0 Å². The highest BCUT2D eigenvalue weighted by molar-refractivity contribution is 5.97. The molecule has 0 radical (unpaired) electrons. The van der Waals surface area contributed by atoms with Crippen LogP contribution < -0.4 is 9.47 Å². The lowest BCUT2D eigenvalue weighted by Gasteiger charge is -2.37. The minimum Gasteiger partial charge on any atom is -0.486 e. The number of likely N-dealkylation sites (tertiary alicyclic amines) is 2. The van der Waals surface area contributed by atoms with E-state index in [1.54, 1.807) is 6.07 Å². The average molecular weight is 344 g/mol. The lowest BCUT2D eigenvalue weighted by atomic mass is 9.78. The largest absolute Gasteiger partial charge is 0.486 e. The van der Waals surface area contributed by atoms with Crippen LogP contribution in [0.4, 0.5) is 0 Å². The summed E-state index contributed by atoms with van der Waals surface area (Å²) in [4.78, 5) is 29.4. The van der Waals surface area contributed by atoms with Crippen molar-refractivity contribution in [1.82, 2.24) is 9.80 Å². The van der Waals surface area contributed by atoms with Crippen LogP contribution in [0.3, 0.4) is 0 Å². The molecule has 1 atom stereocenters. The zero-order valence-electron chi connectivity index (χ0n) is 14.8. The molecule has 3 aliphatic rings. The number of carbonyl (C=O) groups excluding carboxylic acids is 2. The molecule has 0 unspecified atom stereocenters. The summed E-state index contributed by atoms with van der Waals surface area (Å²) in [6.07, 6.45) is 2.64. The molecular formula is C19H24N2O4. The molecule has 0 bridgehead atoms. The topological polar surface area (TPSA) is 59.1 Å². The fourth-order valence-corrected chi connectivity index (χ4v) is 4.28. The van der Waals surface area contributed by atoms with Gasteiger partial charge in [-0.1, -0.05) is 0 Å². The molecule has 1 aromatic carbocycles. The molecule has 2 saturated heterocycles. The van der Waals surface area contributed by atoms with Gasteiger partial charge in [-0.25, -0.2) is 0 Å². The maximum atomic E-state index is 13.1. The quantitative estimate of drug-likeness (QED) is 0.780. The summed E-state index contributed by atoms with van der Waals surface area (Å²) in [7, 11) is 1.86. The van der Waals surface area contributed by atoms with E-state index in [-0.39, 0.29) is 17.2 Å². The molecule has 0 aromatic heterocycles. The van der Waals surface area contributed by atoms with E-state index in [0.717, 1.165) is 31.4 Å². The van der Waals surface area contributed by atoms with Gasteiger partial charge >= 0.3 is 0 Å². The molecule has 1 aromatic rings. The first-order valence-corrected chi connectivity index (χ1v) is 8.95. The highest BCUT2D eigenvalue weighted by Gasteiger charge is 2.48. The van der Waals surface area contributed by atoms with E-state index in [0.29, 0.717) is 43.4 Å². The summed E-state index contributed by atoms with van der Waals surface area (Å²) in [6, 6.07) is 3.65. The van der Waals surface area contributed by atoms with Gasteiger partial charge in [-0.3, -0.25) is 9.59 Å². The van der Waals surface area contributed by atoms with E-state index in [2.05, 4.69) is 0 Å². The van der Waals surface area contributed by atoms with Crippen LogP contribution in [0.25, 0.3) is 0 Å². The van der Waals surface area contributed by atoms with Crippen LogP contribution in [-0.4, -0.2) is 61.5 Å². The van der Waals surface area contributed by atoms with Gasteiger partial charge in [0.05, 0.1) is 5.41 Å². The zero-order chi connectivity index (χ0) is 17.6. The van der Waals surface area contributed by atoms with Gasteiger partial charge in [0.2, 0.25) is 5.91 Å². The van der Waals surface area contributed by atoms with E-state index < -0.39 is 0 Å². The number of benzene rings is 1. The summed E-state index contributed by atoms with van der Waals surface area (Å²) in [5.41, 5.74) is 1.13. The van der Waals surface area contributed by atoms with E-state index in [9.17, 15) is 9.59 Å². The molecule has 6 heteroatoms. The SMILES string of the molecule is Cc1cc2c(cc1C(=O)N1CC[C@]3(CCCN(C)C3=O)C1)OCCO2. The van der Waals surface area contributed by atoms with E-state index >= 15 is 0 Å². The number of amides is 2. The van der Waals surface area contributed by atoms with Crippen LogP contribution in [0, 0.1) is 12.3 Å². The molecule has 1 spiro atoms. The van der Waals surface area contributed by atoms with Crippen molar-refractivity contribution in [2.45, 2.75) is 26.2 Å². The van der Waals surface area contributed by atoms with E-state index in [1.165, 1.54) is 0 Å². The third-order valence-electron chi connectivity index (χ3n) is 5.71. The number of nitrogens with zero attached hydrogens (tertiary/aromatic N) is 2. The first kappa shape index (κ1) is 16.2. The molecule has 3 aliphatic heterocycles. The van der Waals surface area contributed by atoms with Gasteiger partial charge in [-0.2, -0.15) is 0 Å². The summed E-state index contributed by atoms with van der Waals surface area (Å²) in [5.74, 6) is 1.49. The summed E-state index contributed by atoms with van der Waals surface area (Å²) in [5, 5.41) is 0. The zero-order valence-corrected chi connectivity index (χ0v) is 14.8. The third-order valence-corrected chi connectivity index (χ3v) is 5.71. The van der Waals surface area contributed by atoms with Crippen LogP contribution in [0.5, 0.6) is 11.5 Å². The molecule has 0 saturated carbocycles. The molecule has 6 nitrogen and oxygen atoms in total. The van der Waals surface area contributed by atoms with Crippen LogP contribution in [0.2, 0.25) is 0 Å². The summed E-state index contributed by atoms with van der Waals surface area (Å²) in [6.45, 7) is 4.91. The molecule has 0 aliphatic carbocycles. The van der Waals surface area contributed by atoms with E-state index in [1.807, 2.05) is 29.8 Å². The Hall–Kier alpha value is -2.24. The van der Waals surface area contributed by atoms with Crippen molar-refractivity contribution in [3.05, 3.63) is 23.3 Å². The molecule has 2 fully saturated rings.